The van der Waals surface area contributed by atoms with E-state index in [4.69, 9.17) is 4.42 Å². The lowest BCUT2D eigenvalue weighted by molar-refractivity contribution is 0.0942. The maximum atomic E-state index is 11.8. The number of aromatic nitrogens is 4. The molecule has 7 nitrogen and oxygen atoms in total. The second kappa shape index (κ2) is 5.80. The number of amides is 1. The number of carbonyl (C=O) groups is 1. The molecule has 0 fully saturated rings. The zero-order chi connectivity index (χ0) is 14.7. The molecular weight excluding hydrogens is 290 g/mol. The van der Waals surface area contributed by atoms with Gasteiger partial charge in [-0.1, -0.05) is 6.07 Å². The molecule has 0 aliphatic carbocycles. The van der Waals surface area contributed by atoms with Gasteiger partial charge < -0.3 is 9.73 Å². The number of thiazole rings is 1. The Kier molecular flexibility index (Phi) is 3.69. The summed E-state index contributed by atoms with van der Waals surface area (Å²) in [5.74, 6) is 0.462. The Morgan fingerprint density at radius 2 is 2.24 bits per heavy atom. The van der Waals surface area contributed by atoms with E-state index in [1.54, 1.807) is 29.9 Å². The molecule has 3 rings (SSSR count). The molecule has 0 aromatic carbocycles. The molecular formula is C13H11N5O2S. The van der Waals surface area contributed by atoms with Gasteiger partial charge in [0, 0.05) is 6.20 Å². The van der Waals surface area contributed by atoms with Gasteiger partial charge in [0.15, 0.2) is 0 Å². The molecule has 0 radical (unpaired) electrons. The van der Waals surface area contributed by atoms with Crippen LogP contribution in [0.15, 0.2) is 34.3 Å². The van der Waals surface area contributed by atoms with Crippen molar-refractivity contribution >= 4 is 17.2 Å². The Morgan fingerprint density at radius 1 is 1.33 bits per heavy atom. The Morgan fingerprint density at radius 3 is 2.95 bits per heavy atom. The van der Waals surface area contributed by atoms with E-state index >= 15 is 0 Å². The first-order chi connectivity index (χ1) is 10.2. The molecule has 106 valence electrons. The third-order valence-corrected chi connectivity index (χ3v) is 3.62. The fourth-order valence-electron chi connectivity index (χ4n) is 1.67. The van der Waals surface area contributed by atoms with E-state index in [0.717, 1.165) is 10.6 Å². The summed E-state index contributed by atoms with van der Waals surface area (Å²) in [5.41, 5.74) is 2.90. The van der Waals surface area contributed by atoms with Gasteiger partial charge in [-0.2, -0.15) is 0 Å². The van der Waals surface area contributed by atoms with Gasteiger partial charge in [-0.05, 0) is 19.1 Å². The van der Waals surface area contributed by atoms with Gasteiger partial charge >= 0.3 is 0 Å². The van der Waals surface area contributed by atoms with Crippen LogP contribution in [0.5, 0.6) is 0 Å². The summed E-state index contributed by atoms with van der Waals surface area (Å²) in [6.45, 7) is 2.03. The maximum absolute atomic E-state index is 11.8. The Balaban J connectivity index is 1.66. The van der Waals surface area contributed by atoms with Crippen LogP contribution in [-0.4, -0.2) is 26.1 Å². The van der Waals surface area contributed by atoms with E-state index in [9.17, 15) is 4.79 Å². The molecule has 3 heterocycles. The summed E-state index contributed by atoms with van der Waals surface area (Å²) in [7, 11) is 0. The molecule has 0 aliphatic rings. The number of hydrogen-bond acceptors (Lipinski definition) is 7. The molecule has 8 heteroatoms. The maximum Gasteiger partial charge on any atom is 0.270 e. The molecule has 0 bridgehead atoms. The van der Waals surface area contributed by atoms with Crippen molar-refractivity contribution < 1.29 is 9.21 Å². The molecule has 0 aliphatic heterocycles. The van der Waals surface area contributed by atoms with Crippen LogP contribution >= 0.6 is 11.3 Å². The van der Waals surface area contributed by atoms with Crippen LogP contribution in [-0.2, 0) is 6.54 Å². The lowest BCUT2D eigenvalue weighted by Gasteiger charge is -2.00. The first-order valence-electron chi connectivity index (χ1n) is 6.16. The molecule has 1 amide bonds. The zero-order valence-electron chi connectivity index (χ0n) is 11.1. The summed E-state index contributed by atoms with van der Waals surface area (Å²) in [4.78, 5) is 20.8. The van der Waals surface area contributed by atoms with E-state index in [1.807, 2.05) is 6.92 Å². The minimum absolute atomic E-state index is 0.153. The quantitative estimate of drug-likeness (QED) is 0.790. The van der Waals surface area contributed by atoms with Crippen molar-refractivity contribution in [3.8, 4) is 10.8 Å². The van der Waals surface area contributed by atoms with Crippen LogP contribution in [0.25, 0.3) is 10.8 Å². The second-order valence-corrected chi connectivity index (χ2v) is 5.02. The Bertz CT molecular complexity index is 753. The van der Waals surface area contributed by atoms with E-state index in [0.29, 0.717) is 17.5 Å². The first-order valence-corrected chi connectivity index (χ1v) is 7.04. The SMILES string of the molecule is Cc1ncsc1-c1nnc(CNC(=O)c2ccccn2)o1. The number of hydrogen-bond donors (Lipinski definition) is 1. The van der Waals surface area contributed by atoms with Gasteiger partial charge in [-0.25, -0.2) is 4.98 Å². The number of rotatable bonds is 4. The van der Waals surface area contributed by atoms with Crippen LogP contribution in [0.4, 0.5) is 0 Å². The molecule has 0 unspecified atom stereocenters. The minimum Gasteiger partial charge on any atom is -0.418 e. The first kappa shape index (κ1) is 13.4. The van der Waals surface area contributed by atoms with Gasteiger partial charge in [0.05, 0.1) is 17.7 Å². The van der Waals surface area contributed by atoms with E-state index in [2.05, 4.69) is 25.5 Å². The lowest BCUT2D eigenvalue weighted by Crippen LogP contribution is -2.23. The summed E-state index contributed by atoms with van der Waals surface area (Å²) in [5, 5.41) is 10.5. The lowest BCUT2D eigenvalue weighted by atomic mass is 10.3. The number of nitrogens with one attached hydrogen (secondary N) is 1. The third-order valence-electron chi connectivity index (χ3n) is 2.70. The van der Waals surface area contributed by atoms with Crippen molar-refractivity contribution in [1.29, 1.82) is 0 Å². The summed E-state index contributed by atoms with van der Waals surface area (Å²) in [6, 6.07) is 5.13. The third kappa shape index (κ3) is 2.95. The van der Waals surface area contributed by atoms with Crippen LogP contribution in [0.3, 0.4) is 0 Å². The van der Waals surface area contributed by atoms with E-state index in [-0.39, 0.29) is 12.5 Å². The zero-order valence-corrected chi connectivity index (χ0v) is 11.9. The molecule has 0 saturated carbocycles. The second-order valence-electron chi connectivity index (χ2n) is 4.17. The number of nitrogens with zero attached hydrogens (tertiary/aromatic N) is 4. The van der Waals surface area contributed by atoms with Crippen LogP contribution in [0.1, 0.15) is 22.1 Å². The van der Waals surface area contributed by atoms with Gasteiger partial charge in [-0.3, -0.25) is 9.78 Å². The van der Waals surface area contributed by atoms with Gasteiger partial charge in [0.1, 0.15) is 10.6 Å². The molecule has 21 heavy (non-hydrogen) atoms. The predicted octanol–water partition coefficient (Wildman–Crippen LogP) is 1.83. The average molecular weight is 301 g/mol. The van der Waals surface area contributed by atoms with E-state index in [1.165, 1.54) is 11.3 Å². The Hall–Kier alpha value is -2.61. The van der Waals surface area contributed by atoms with Crippen LogP contribution in [0.2, 0.25) is 0 Å². The molecule has 0 atom stereocenters. The summed E-state index contributed by atoms with van der Waals surface area (Å²) < 4.78 is 5.51. The Labute approximate surface area is 124 Å². The fraction of sp³-hybridized carbons (Fsp3) is 0.154. The van der Waals surface area contributed by atoms with Crippen molar-refractivity contribution in [2.75, 3.05) is 0 Å². The highest BCUT2D eigenvalue weighted by molar-refractivity contribution is 7.13. The standard InChI is InChI=1S/C13H11N5O2S/c1-8-11(21-7-16-8)13-18-17-10(20-13)6-15-12(19)9-4-2-3-5-14-9/h2-5,7H,6H2,1H3,(H,15,19). The van der Waals surface area contributed by atoms with Crippen LogP contribution < -0.4 is 5.32 Å². The van der Waals surface area contributed by atoms with E-state index < -0.39 is 0 Å². The van der Waals surface area contributed by atoms with Crippen LogP contribution in [0, 0.1) is 6.92 Å². The highest BCUT2D eigenvalue weighted by Gasteiger charge is 2.14. The molecule has 1 N–H and O–H groups in total. The van der Waals surface area contributed by atoms with Crippen molar-refractivity contribution in [3.63, 3.8) is 0 Å². The largest absolute Gasteiger partial charge is 0.418 e. The number of carbonyl (C=O) groups excluding carboxylic acids is 1. The molecule has 3 aromatic heterocycles. The van der Waals surface area contributed by atoms with Gasteiger partial charge in [0.2, 0.25) is 5.89 Å². The van der Waals surface area contributed by atoms with Crippen molar-refractivity contribution in [3.05, 3.63) is 47.2 Å². The fourth-order valence-corrected chi connectivity index (χ4v) is 2.39. The monoisotopic (exact) mass is 301 g/mol. The molecule has 0 spiro atoms. The van der Waals surface area contributed by atoms with Gasteiger partial charge in [-0.15, -0.1) is 21.5 Å². The average Bonchev–Trinajstić information content (AvgIpc) is 3.14. The topological polar surface area (TPSA) is 93.8 Å². The number of pyridine rings is 1. The normalized spacial score (nSPS) is 10.5. The summed E-state index contributed by atoms with van der Waals surface area (Å²) in [6.07, 6.45) is 1.56. The number of aryl methyl sites for hydroxylation is 1. The van der Waals surface area contributed by atoms with Crippen molar-refractivity contribution in [2.45, 2.75) is 13.5 Å². The highest BCUT2D eigenvalue weighted by atomic mass is 32.1. The highest BCUT2D eigenvalue weighted by Crippen LogP contribution is 2.25. The summed E-state index contributed by atoms with van der Waals surface area (Å²) >= 11 is 1.43. The predicted molar refractivity (Wildman–Crippen MR) is 75.6 cm³/mol. The van der Waals surface area contributed by atoms with Crippen molar-refractivity contribution in [2.24, 2.45) is 0 Å². The smallest absolute Gasteiger partial charge is 0.270 e. The molecule has 0 saturated heterocycles. The van der Waals surface area contributed by atoms with Crippen molar-refractivity contribution in [1.82, 2.24) is 25.5 Å². The van der Waals surface area contributed by atoms with Gasteiger partial charge in [0.25, 0.3) is 11.8 Å². The molecule has 3 aromatic rings. The minimum atomic E-state index is -0.288.